The molecule has 3 nitrogen and oxygen atoms in total. The van der Waals surface area contributed by atoms with Crippen molar-refractivity contribution in [2.75, 3.05) is 4.72 Å². The second-order valence-corrected chi connectivity index (χ2v) is 5.38. The smallest absolute Gasteiger partial charge is 0.261 e. The third kappa shape index (κ3) is 2.78. The monoisotopic (exact) mass is 266 g/mol. The Balaban J connectivity index is 2.34. The SMILES string of the molecule is O=S(=O)(Nc1ccc[c]c1Cl)c1ccccc1. The maximum absolute atomic E-state index is 12.0. The summed E-state index contributed by atoms with van der Waals surface area (Å²) in [5.74, 6) is 0. The Morgan fingerprint density at radius 1 is 1.06 bits per heavy atom. The largest absolute Gasteiger partial charge is 0.278 e. The van der Waals surface area contributed by atoms with Gasteiger partial charge < -0.3 is 0 Å². The van der Waals surface area contributed by atoms with Gasteiger partial charge in [0.15, 0.2) is 0 Å². The molecule has 0 heterocycles. The van der Waals surface area contributed by atoms with Gasteiger partial charge in [-0.1, -0.05) is 41.9 Å². The van der Waals surface area contributed by atoms with Crippen LogP contribution in [0.4, 0.5) is 5.69 Å². The fourth-order valence-corrected chi connectivity index (χ4v) is 2.62. The molecular weight excluding hydrogens is 258 g/mol. The molecule has 1 radical (unpaired) electrons. The van der Waals surface area contributed by atoms with Crippen molar-refractivity contribution in [2.45, 2.75) is 4.90 Å². The maximum Gasteiger partial charge on any atom is 0.261 e. The summed E-state index contributed by atoms with van der Waals surface area (Å²) in [4.78, 5) is 0.194. The average Bonchev–Trinajstić information content (AvgIpc) is 2.33. The highest BCUT2D eigenvalue weighted by molar-refractivity contribution is 7.92. The van der Waals surface area contributed by atoms with Crippen LogP contribution in [0.5, 0.6) is 0 Å². The molecule has 0 saturated heterocycles. The fourth-order valence-electron chi connectivity index (χ4n) is 1.30. The lowest BCUT2D eigenvalue weighted by Crippen LogP contribution is -2.12. The van der Waals surface area contributed by atoms with Crippen molar-refractivity contribution in [3.05, 3.63) is 59.6 Å². The zero-order valence-corrected chi connectivity index (χ0v) is 10.3. The number of nitrogens with one attached hydrogen (secondary N) is 1. The molecule has 2 aromatic rings. The van der Waals surface area contributed by atoms with E-state index in [1.165, 1.54) is 12.1 Å². The second kappa shape index (κ2) is 4.77. The lowest BCUT2D eigenvalue weighted by Gasteiger charge is -2.08. The fraction of sp³-hybridized carbons (Fsp3) is 0. The molecule has 2 aromatic carbocycles. The van der Waals surface area contributed by atoms with E-state index in [1.807, 2.05) is 0 Å². The number of rotatable bonds is 3. The molecule has 87 valence electrons. The first-order chi connectivity index (χ1) is 8.09. The minimum Gasteiger partial charge on any atom is -0.278 e. The number of hydrogen-bond donors (Lipinski definition) is 1. The summed E-state index contributed by atoms with van der Waals surface area (Å²) in [5, 5.41) is 0.243. The first-order valence-electron chi connectivity index (χ1n) is 4.84. The topological polar surface area (TPSA) is 46.2 Å². The Hall–Kier alpha value is -1.52. The standard InChI is InChI=1S/C12H9ClNO2S/c13-11-8-4-5-9-12(11)14-17(15,16)10-6-2-1-3-7-10/h1-7,9,14H. The summed E-state index contributed by atoms with van der Waals surface area (Å²) < 4.78 is 26.4. The van der Waals surface area contributed by atoms with Crippen LogP contribution in [0, 0.1) is 6.07 Å². The van der Waals surface area contributed by atoms with Gasteiger partial charge in [-0.3, -0.25) is 4.72 Å². The summed E-state index contributed by atoms with van der Waals surface area (Å²) in [6, 6.07) is 15.7. The van der Waals surface area contributed by atoms with E-state index in [0.717, 1.165) is 0 Å². The summed E-state index contributed by atoms with van der Waals surface area (Å²) in [5.41, 5.74) is 0.318. The predicted octanol–water partition coefficient (Wildman–Crippen LogP) is 2.94. The van der Waals surface area contributed by atoms with Gasteiger partial charge in [0.25, 0.3) is 10.0 Å². The van der Waals surface area contributed by atoms with E-state index in [4.69, 9.17) is 11.6 Å². The number of benzene rings is 2. The van der Waals surface area contributed by atoms with Crippen LogP contribution in [0.25, 0.3) is 0 Å². The van der Waals surface area contributed by atoms with Crippen LogP contribution < -0.4 is 4.72 Å². The van der Waals surface area contributed by atoms with E-state index in [-0.39, 0.29) is 9.92 Å². The van der Waals surface area contributed by atoms with Crippen molar-refractivity contribution < 1.29 is 8.42 Å². The Bertz CT molecular complexity index is 611. The van der Waals surface area contributed by atoms with E-state index in [1.54, 1.807) is 36.4 Å². The van der Waals surface area contributed by atoms with Gasteiger partial charge in [0.1, 0.15) is 0 Å². The van der Waals surface area contributed by atoms with Crippen LogP contribution in [0.15, 0.2) is 53.4 Å². The number of sulfonamides is 1. The van der Waals surface area contributed by atoms with Crippen molar-refractivity contribution in [3.8, 4) is 0 Å². The van der Waals surface area contributed by atoms with Crippen LogP contribution >= 0.6 is 11.6 Å². The van der Waals surface area contributed by atoms with Crippen molar-refractivity contribution in [3.63, 3.8) is 0 Å². The molecule has 0 fully saturated rings. The Morgan fingerprint density at radius 2 is 1.76 bits per heavy atom. The molecule has 0 amide bonds. The number of halogens is 1. The molecule has 0 aliphatic heterocycles. The molecule has 1 N–H and O–H groups in total. The molecule has 0 bridgehead atoms. The van der Waals surface area contributed by atoms with E-state index < -0.39 is 10.0 Å². The Labute approximate surface area is 105 Å². The summed E-state index contributed by atoms with van der Waals surface area (Å²) >= 11 is 5.84. The molecule has 0 aromatic heterocycles. The molecular formula is C12H9ClNO2S. The summed E-state index contributed by atoms with van der Waals surface area (Å²) in [6.07, 6.45) is 0. The van der Waals surface area contributed by atoms with Crippen LogP contribution in [0.1, 0.15) is 0 Å². The minimum absolute atomic E-state index is 0.194. The summed E-state index contributed by atoms with van der Waals surface area (Å²) in [6.45, 7) is 0. The Morgan fingerprint density at radius 3 is 2.41 bits per heavy atom. The van der Waals surface area contributed by atoms with Crippen molar-refractivity contribution in [1.29, 1.82) is 0 Å². The minimum atomic E-state index is -3.59. The van der Waals surface area contributed by atoms with Crippen LogP contribution in [-0.2, 0) is 10.0 Å². The lowest BCUT2D eigenvalue weighted by atomic mass is 10.3. The van der Waals surface area contributed by atoms with E-state index >= 15 is 0 Å². The van der Waals surface area contributed by atoms with Crippen molar-refractivity contribution in [2.24, 2.45) is 0 Å². The van der Waals surface area contributed by atoms with Gasteiger partial charge in [-0.05, 0) is 18.2 Å². The maximum atomic E-state index is 12.0. The highest BCUT2D eigenvalue weighted by atomic mass is 35.5. The van der Waals surface area contributed by atoms with Gasteiger partial charge >= 0.3 is 0 Å². The third-order valence-corrected chi connectivity index (χ3v) is 3.80. The molecule has 0 atom stereocenters. The van der Waals surface area contributed by atoms with Crippen molar-refractivity contribution in [1.82, 2.24) is 0 Å². The molecule has 5 heteroatoms. The molecule has 0 saturated carbocycles. The zero-order valence-electron chi connectivity index (χ0n) is 8.72. The first kappa shape index (κ1) is 12.0. The highest BCUT2D eigenvalue weighted by Gasteiger charge is 2.14. The molecule has 0 unspecified atom stereocenters. The third-order valence-electron chi connectivity index (χ3n) is 2.10. The molecule has 2 rings (SSSR count). The van der Waals surface area contributed by atoms with Crippen LogP contribution in [0.3, 0.4) is 0 Å². The molecule has 0 spiro atoms. The number of anilines is 1. The van der Waals surface area contributed by atoms with Gasteiger partial charge in [0, 0.05) is 6.07 Å². The van der Waals surface area contributed by atoms with Gasteiger partial charge in [0.05, 0.1) is 15.6 Å². The van der Waals surface area contributed by atoms with E-state index in [2.05, 4.69) is 10.8 Å². The normalized spacial score (nSPS) is 11.1. The van der Waals surface area contributed by atoms with E-state index in [9.17, 15) is 8.42 Å². The summed E-state index contributed by atoms with van der Waals surface area (Å²) in [7, 11) is -3.59. The molecule has 17 heavy (non-hydrogen) atoms. The lowest BCUT2D eigenvalue weighted by molar-refractivity contribution is 0.601. The highest BCUT2D eigenvalue weighted by Crippen LogP contribution is 2.23. The average molecular weight is 267 g/mol. The number of hydrogen-bond acceptors (Lipinski definition) is 2. The molecule has 0 aliphatic carbocycles. The van der Waals surface area contributed by atoms with Gasteiger partial charge in [-0.2, -0.15) is 0 Å². The van der Waals surface area contributed by atoms with Crippen molar-refractivity contribution >= 4 is 27.3 Å². The molecule has 0 aliphatic rings. The van der Waals surface area contributed by atoms with Crippen LogP contribution in [-0.4, -0.2) is 8.42 Å². The first-order valence-corrected chi connectivity index (χ1v) is 6.70. The predicted molar refractivity (Wildman–Crippen MR) is 67.5 cm³/mol. The van der Waals surface area contributed by atoms with Gasteiger partial charge in [-0.25, -0.2) is 8.42 Å². The van der Waals surface area contributed by atoms with Gasteiger partial charge in [-0.15, -0.1) is 0 Å². The van der Waals surface area contributed by atoms with E-state index in [0.29, 0.717) is 5.69 Å². The zero-order chi connectivity index (χ0) is 12.3. The second-order valence-electron chi connectivity index (χ2n) is 3.32. The van der Waals surface area contributed by atoms with Gasteiger partial charge in [0.2, 0.25) is 0 Å². The quantitative estimate of drug-likeness (QED) is 0.928. The Kier molecular flexibility index (Phi) is 3.36. The van der Waals surface area contributed by atoms with Crippen LogP contribution in [0.2, 0.25) is 5.02 Å².